The zero-order valence-corrected chi connectivity index (χ0v) is 19.5. The average Bonchev–Trinajstić information content (AvgIpc) is 2.82. The molecule has 1 N–H and O–H groups in total. The fourth-order valence-corrected chi connectivity index (χ4v) is 4.02. The number of aromatic nitrogens is 5. The number of fused-ring (bicyclic) bond motifs is 1. The molecule has 0 amide bonds. The fraction of sp³-hybridized carbons (Fsp3) is 0.0800. The Morgan fingerprint density at radius 1 is 0.750 bits per heavy atom. The Hall–Kier alpha value is -3.46. The molecule has 5 heterocycles. The van der Waals surface area contributed by atoms with Gasteiger partial charge in [0.25, 0.3) is 0 Å². The lowest BCUT2D eigenvalue weighted by Crippen LogP contribution is -2.03. The van der Waals surface area contributed by atoms with E-state index in [4.69, 9.17) is 0 Å². The van der Waals surface area contributed by atoms with Crippen LogP contribution in [0.3, 0.4) is 0 Å². The van der Waals surface area contributed by atoms with Crippen LogP contribution in [0.4, 0.5) is 5.82 Å². The number of rotatable bonds is 5. The van der Waals surface area contributed by atoms with Gasteiger partial charge in [0.2, 0.25) is 0 Å². The number of hydrogen-bond acceptors (Lipinski definition) is 6. The highest BCUT2D eigenvalue weighted by Gasteiger charge is 2.07. The summed E-state index contributed by atoms with van der Waals surface area (Å²) in [5.74, 6) is 0.806. The van der Waals surface area contributed by atoms with Gasteiger partial charge in [-0.15, -0.1) is 0 Å². The van der Waals surface area contributed by atoms with Crippen molar-refractivity contribution in [2.45, 2.75) is 13.5 Å². The molecule has 0 saturated carbocycles. The molecule has 0 bridgehead atoms. The predicted octanol–water partition coefficient (Wildman–Crippen LogP) is 5.67. The molecule has 0 fully saturated rings. The summed E-state index contributed by atoms with van der Waals surface area (Å²) in [4.78, 5) is 22.3. The topological polar surface area (TPSA) is 76.5 Å². The van der Waals surface area contributed by atoms with Crippen molar-refractivity contribution in [2.75, 3.05) is 5.32 Å². The monoisotopic (exact) mass is 530 g/mol. The van der Waals surface area contributed by atoms with Crippen molar-refractivity contribution in [3.8, 4) is 22.5 Å². The van der Waals surface area contributed by atoms with Gasteiger partial charge >= 0.3 is 0 Å². The maximum atomic E-state index is 4.66. The van der Waals surface area contributed by atoms with Gasteiger partial charge in [0.1, 0.15) is 9.52 Å². The minimum Gasteiger partial charge on any atom is -0.365 e. The first-order valence-electron chi connectivity index (χ1n) is 10.1. The molecular formula is C25H19IN6. The summed E-state index contributed by atoms with van der Waals surface area (Å²) >= 11 is 2.21. The van der Waals surface area contributed by atoms with E-state index < -0.39 is 0 Å². The van der Waals surface area contributed by atoms with E-state index in [1.165, 1.54) is 0 Å². The molecule has 156 valence electrons. The fourth-order valence-electron chi connectivity index (χ4n) is 3.52. The van der Waals surface area contributed by atoms with Gasteiger partial charge in [0.15, 0.2) is 0 Å². The van der Waals surface area contributed by atoms with Crippen LogP contribution in [-0.4, -0.2) is 24.9 Å². The molecule has 0 saturated heterocycles. The van der Waals surface area contributed by atoms with Crippen LogP contribution in [0.5, 0.6) is 0 Å². The van der Waals surface area contributed by atoms with Gasteiger partial charge in [-0.2, -0.15) is 0 Å². The third kappa shape index (κ3) is 4.43. The van der Waals surface area contributed by atoms with E-state index in [0.717, 1.165) is 54.1 Å². The maximum absolute atomic E-state index is 4.66. The van der Waals surface area contributed by atoms with Crippen LogP contribution in [0.2, 0.25) is 0 Å². The highest BCUT2D eigenvalue weighted by atomic mass is 127. The summed E-state index contributed by atoms with van der Waals surface area (Å²) in [7, 11) is 0. The van der Waals surface area contributed by atoms with Crippen LogP contribution < -0.4 is 5.32 Å². The van der Waals surface area contributed by atoms with E-state index in [1.54, 1.807) is 6.20 Å². The van der Waals surface area contributed by atoms with Gasteiger partial charge in [0.05, 0.1) is 11.4 Å². The molecule has 32 heavy (non-hydrogen) atoms. The van der Waals surface area contributed by atoms with E-state index in [-0.39, 0.29) is 0 Å². The molecule has 5 aromatic heterocycles. The Kier molecular flexibility index (Phi) is 5.72. The van der Waals surface area contributed by atoms with Crippen LogP contribution >= 0.6 is 22.6 Å². The lowest BCUT2D eigenvalue weighted by molar-refractivity contribution is 1.09. The summed E-state index contributed by atoms with van der Waals surface area (Å²) < 4.78 is 0.950. The van der Waals surface area contributed by atoms with Crippen molar-refractivity contribution in [2.24, 2.45) is 0 Å². The van der Waals surface area contributed by atoms with Crippen LogP contribution in [0.25, 0.3) is 33.3 Å². The Bertz CT molecular complexity index is 1400. The lowest BCUT2D eigenvalue weighted by atomic mass is 10.1. The zero-order valence-electron chi connectivity index (χ0n) is 17.3. The van der Waals surface area contributed by atoms with Gasteiger partial charge in [-0.1, -0.05) is 6.07 Å². The molecule has 5 rings (SSSR count). The normalized spacial score (nSPS) is 10.9. The first-order chi connectivity index (χ1) is 15.7. The molecular weight excluding hydrogens is 511 g/mol. The highest BCUT2D eigenvalue weighted by Crippen LogP contribution is 2.26. The Balaban J connectivity index is 1.35. The van der Waals surface area contributed by atoms with E-state index in [9.17, 15) is 0 Å². The summed E-state index contributed by atoms with van der Waals surface area (Å²) in [6.07, 6.45) is 9.20. The van der Waals surface area contributed by atoms with Crippen molar-refractivity contribution in [1.82, 2.24) is 24.9 Å². The first kappa shape index (κ1) is 20.4. The van der Waals surface area contributed by atoms with E-state index in [0.29, 0.717) is 6.54 Å². The zero-order chi connectivity index (χ0) is 21.9. The molecule has 0 aliphatic carbocycles. The average molecular weight is 530 g/mol. The minimum atomic E-state index is 0.624. The van der Waals surface area contributed by atoms with Crippen molar-refractivity contribution in [1.29, 1.82) is 0 Å². The second-order valence-corrected chi connectivity index (χ2v) is 8.51. The van der Waals surface area contributed by atoms with Gasteiger partial charge in [-0.3, -0.25) is 19.9 Å². The van der Waals surface area contributed by atoms with E-state index >= 15 is 0 Å². The summed E-state index contributed by atoms with van der Waals surface area (Å²) in [6, 6.07) is 16.2. The summed E-state index contributed by atoms with van der Waals surface area (Å²) in [5, 5.41) is 5.50. The first-order valence-corrected chi connectivity index (χ1v) is 11.2. The summed E-state index contributed by atoms with van der Waals surface area (Å²) in [6.45, 7) is 2.61. The van der Waals surface area contributed by atoms with Gasteiger partial charge in [-0.25, -0.2) is 4.98 Å². The number of pyridine rings is 5. The Morgan fingerprint density at radius 3 is 2.31 bits per heavy atom. The number of anilines is 1. The number of halogens is 1. The molecule has 0 radical (unpaired) electrons. The SMILES string of the molecule is Cc1cc(-c2cc3ccnc(NCc4ccc(-c5ccnc(I)c5)nc4)c3cn2)ccn1. The smallest absolute Gasteiger partial charge is 0.135 e. The van der Waals surface area contributed by atoms with Crippen molar-refractivity contribution >= 4 is 39.2 Å². The number of nitrogens with zero attached hydrogens (tertiary/aromatic N) is 5. The van der Waals surface area contributed by atoms with E-state index in [1.807, 2.05) is 68.1 Å². The van der Waals surface area contributed by atoms with Gasteiger partial charge in [-0.05, 0) is 82.9 Å². The van der Waals surface area contributed by atoms with Crippen LogP contribution in [0.15, 0.2) is 79.5 Å². The molecule has 0 atom stereocenters. The number of hydrogen-bond donors (Lipinski definition) is 1. The standard InChI is InChI=1S/C25H19IN6/c1-16-10-19(5-7-27-16)23-11-18-4-9-29-25(21(18)15-31-23)32-14-17-2-3-22(30-13-17)20-6-8-28-24(26)12-20/h2-13,15H,14H2,1H3,(H,29,32). The van der Waals surface area contributed by atoms with Crippen LogP contribution in [0.1, 0.15) is 11.3 Å². The molecule has 7 heteroatoms. The van der Waals surface area contributed by atoms with Crippen molar-refractivity contribution < 1.29 is 0 Å². The highest BCUT2D eigenvalue weighted by molar-refractivity contribution is 14.1. The third-order valence-corrected chi connectivity index (χ3v) is 5.74. The molecule has 0 aliphatic heterocycles. The largest absolute Gasteiger partial charge is 0.365 e. The molecule has 0 aromatic carbocycles. The second-order valence-electron chi connectivity index (χ2n) is 7.41. The summed E-state index contributed by atoms with van der Waals surface area (Å²) in [5.41, 5.74) is 6.02. The van der Waals surface area contributed by atoms with Gasteiger partial charge < -0.3 is 5.32 Å². The van der Waals surface area contributed by atoms with Crippen molar-refractivity contribution in [3.05, 3.63) is 94.5 Å². The van der Waals surface area contributed by atoms with Crippen LogP contribution in [0, 0.1) is 10.6 Å². The van der Waals surface area contributed by atoms with Crippen LogP contribution in [-0.2, 0) is 6.54 Å². The lowest BCUT2D eigenvalue weighted by Gasteiger charge is -2.10. The molecule has 0 unspecified atom stereocenters. The predicted molar refractivity (Wildman–Crippen MR) is 135 cm³/mol. The number of nitrogens with one attached hydrogen (secondary N) is 1. The Labute approximate surface area is 199 Å². The third-order valence-electron chi connectivity index (χ3n) is 5.15. The Morgan fingerprint density at radius 2 is 1.53 bits per heavy atom. The molecule has 0 spiro atoms. The minimum absolute atomic E-state index is 0.624. The maximum Gasteiger partial charge on any atom is 0.135 e. The molecule has 0 aliphatic rings. The second kappa shape index (κ2) is 8.96. The quantitative estimate of drug-likeness (QED) is 0.233. The van der Waals surface area contributed by atoms with Gasteiger partial charge in [0, 0.05) is 59.7 Å². The molecule has 5 aromatic rings. The molecule has 6 nitrogen and oxygen atoms in total. The van der Waals surface area contributed by atoms with Crippen molar-refractivity contribution in [3.63, 3.8) is 0 Å². The number of aryl methyl sites for hydroxylation is 1. The van der Waals surface area contributed by atoms with E-state index in [2.05, 4.69) is 65.0 Å².